The molecule has 0 radical (unpaired) electrons. The molecule has 0 unspecified atom stereocenters. The molecule has 7 heavy (non-hydrogen) atoms. The summed E-state index contributed by atoms with van der Waals surface area (Å²) in [5, 5.41) is 7.92. The Kier molecular flexibility index (Phi) is 2.95. The van der Waals surface area contributed by atoms with Crippen molar-refractivity contribution in [3.63, 3.8) is 0 Å². The van der Waals surface area contributed by atoms with Crippen LogP contribution in [0.15, 0.2) is 4.99 Å². The maximum absolute atomic E-state index is 7.92. The highest BCUT2D eigenvalue weighted by Gasteiger charge is 1.78. The smallest absolute Gasteiger partial charge is 0.111 e. The Hall–Kier alpha value is -0.840. The fourth-order valence-corrected chi connectivity index (χ4v) is 0.182. The SMILES string of the molecule is CC(C)N=CC#N. The van der Waals surface area contributed by atoms with Crippen LogP contribution in [-0.4, -0.2) is 12.3 Å². The molecule has 0 rings (SSSR count). The van der Waals surface area contributed by atoms with Crippen molar-refractivity contribution in [2.45, 2.75) is 19.9 Å². The van der Waals surface area contributed by atoms with Gasteiger partial charge in [0.15, 0.2) is 0 Å². The molecule has 0 spiro atoms. The molecule has 0 saturated heterocycles. The van der Waals surface area contributed by atoms with E-state index in [4.69, 9.17) is 5.26 Å². The van der Waals surface area contributed by atoms with Gasteiger partial charge in [0.05, 0.1) is 6.21 Å². The molecule has 0 amide bonds. The summed E-state index contributed by atoms with van der Waals surface area (Å²) in [6, 6.07) is 2.06. The van der Waals surface area contributed by atoms with Crippen LogP contribution in [0.3, 0.4) is 0 Å². The molecule has 0 aromatic heterocycles. The van der Waals surface area contributed by atoms with Gasteiger partial charge in [0.1, 0.15) is 6.07 Å². The zero-order valence-electron chi connectivity index (χ0n) is 4.55. The molecule has 2 heteroatoms. The Bertz CT molecular complexity index is 97.1. The summed E-state index contributed by atoms with van der Waals surface area (Å²) in [7, 11) is 0. The minimum absolute atomic E-state index is 0.250. The summed E-state index contributed by atoms with van der Waals surface area (Å²) in [6.07, 6.45) is 1.25. The van der Waals surface area contributed by atoms with Crippen LogP contribution in [0.4, 0.5) is 0 Å². The van der Waals surface area contributed by atoms with E-state index in [-0.39, 0.29) is 6.04 Å². The third-order valence-corrected chi connectivity index (χ3v) is 0.430. The molecule has 0 aliphatic rings. The highest BCUT2D eigenvalue weighted by Crippen LogP contribution is 1.80. The fourth-order valence-electron chi connectivity index (χ4n) is 0.182. The normalized spacial score (nSPS) is 10.0. The maximum atomic E-state index is 7.92. The summed E-state index contributed by atoms with van der Waals surface area (Å²) < 4.78 is 0. The van der Waals surface area contributed by atoms with Gasteiger partial charge in [-0.1, -0.05) is 0 Å². The van der Waals surface area contributed by atoms with E-state index in [9.17, 15) is 0 Å². The maximum Gasteiger partial charge on any atom is 0.111 e. The highest BCUT2D eigenvalue weighted by atomic mass is 14.7. The lowest BCUT2D eigenvalue weighted by molar-refractivity contribution is 0.842. The second kappa shape index (κ2) is 3.35. The minimum Gasteiger partial charge on any atom is -0.279 e. The van der Waals surface area contributed by atoms with Gasteiger partial charge in [-0.2, -0.15) is 5.26 Å². The van der Waals surface area contributed by atoms with Crippen LogP contribution in [0.5, 0.6) is 0 Å². The van der Waals surface area contributed by atoms with Crippen LogP contribution in [0, 0.1) is 11.3 Å². The molecular formula is C5H8N2. The van der Waals surface area contributed by atoms with Crippen molar-refractivity contribution in [1.82, 2.24) is 0 Å². The number of rotatable bonds is 1. The lowest BCUT2D eigenvalue weighted by Crippen LogP contribution is -1.86. The first kappa shape index (κ1) is 6.16. The lowest BCUT2D eigenvalue weighted by atomic mass is 10.4. The van der Waals surface area contributed by atoms with E-state index in [1.165, 1.54) is 6.21 Å². The molecule has 0 heterocycles. The standard InChI is InChI=1S/C5H8N2/c1-5(2)7-4-3-6/h4-5H,1-2H3. The van der Waals surface area contributed by atoms with Gasteiger partial charge in [0.2, 0.25) is 0 Å². The molecule has 0 N–H and O–H groups in total. The van der Waals surface area contributed by atoms with Crippen LogP contribution in [0.2, 0.25) is 0 Å². The summed E-state index contributed by atoms with van der Waals surface area (Å²) in [5.74, 6) is 0. The first-order valence-corrected chi connectivity index (χ1v) is 2.18. The average molecular weight is 96.1 g/mol. The monoisotopic (exact) mass is 96.1 g/mol. The zero-order chi connectivity index (χ0) is 5.70. The van der Waals surface area contributed by atoms with Gasteiger partial charge >= 0.3 is 0 Å². The number of hydrogen-bond acceptors (Lipinski definition) is 2. The van der Waals surface area contributed by atoms with E-state index in [1.54, 1.807) is 0 Å². The largest absolute Gasteiger partial charge is 0.279 e. The minimum atomic E-state index is 0.250. The summed E-state index contributed by atoms with van der Waals surface area (Å²) in [4.78, 5) is 3.76. The van der Waals surface area contributed by atoms with Crippen molar-refractivity contribution in [3.05, 3.63) is 0 Å². The predicted molar refractivity (Wildman–Crippen MR) is 29.2 cm³/mol. The third kappa shape index (κ3) is 5.16. The van der Waals surface area contributed by atoms with Gasteiger partial charge in [-0.05, 0) is 13.8 Å². The molecule has 0 aliphatic carbocycles. The van der Waals surface area contributed by atoms with Crippen LogP contribution in [0.1, 0.15) is 13.8 Å². The Morgan fingerprint density at radius 3 is 2.43 bits per heavy atom. The van der Waals surface area contributed by atoms with Crippen LogP contribution in [-0.2, 0) is 0 Å². The summed E-state index contributed by atoms with van der Waals surface area (Å²) in [5.41, 5.74) is 0. The molecule has 0 atom stereocenters. The van der Waals surface area contributed by atoms with Crippen molar-refractivity contribution in [2.24, 2.45) is 4.99 Å². The van der Waals surface area contributed by atoms with Crippen molar-refractivity contribution in [1.29, 1.82) is 5.26 Å². The van der Waals surface area contributed by atoms with Crippen molar-refractivity contribution >= 4 is 6.21 Å². The van der Waals surface area contributed by atoms with Crippen molar-refractivity contribution in [3.8, 4) is 6.07 Å². The van der Waals surface area contributed by atoms with E-state index in [0.717, 1.165) is 0 Å². The first-order valence-electron chi connectivity index (χ1n) is 2.18. The average Bonchev–Trinajstić information content (AvgIpc) is 1.61. The van der Waals surface area contributed by atoms with E-state index in [1.807, 2.05) is 19.9 Å². The van der Waals surface area contributed by atoms with Gasteiger partial charge < -0.3 is 0 Å². The molecule has 0 fully saturated rings. The van der Waals surface area contributed by atoms with E-state index in [0.29, 0.717) is 0 Å². The second-order valence-electron chi connectivity index (χ2n) is 1.50. The fraction of sp³-hybridized carbons (Fsp3) is 0.600. The molecule has 0 aromatic rings. The quantitative estimate of drug-likeness (QED) is 0.448. The molecule has 0 aliphatic heterocycles. The number of hydrogen-bond donors (Lipinski definition) is 0. The Labute approximate surface area is 43.5 Å². The number of nitriles is 1. The van der Waals surface area contributed by atoms with Gasteiger partial charge in [0, 0.05) is 6.04 Å². The highest BCUT2D eigenvalue weighted by molar-refractivity contribution is 5.74. The molecule has 38 valence electrons. The van der Waals surface area contributed by atoms with Crippen molar-refractivity contribution in [2.75, 3.05) is 0 Å². The first-order chi connectivity index (χ1) is 3.27. The molecule has 0 saturated carbocycles. The van der Waals surface area contributed by atoms with Gasteiger partial charge in [-0.3, -0.25) is 4.99 Å². The lowest BCUT2D eigenvalue weighted by Gasteiger charge is -1.86. The van der Waals surface area contributed by atoms with Crippen LogP contribution < -0.4 is 0 Å². The van der Waals surface area contributed by atoms with Crippen LogP contribution >= 0.6 is 0 Å². The number of aliphatic imine (C=N–C) groups is 1. The van der Waals surface area contributed by atoms with E-state index in [2.05, 4.69) is 4.99 Å². The Balaban J connectivity index is 3.31. The Morgan fingerprint density at radius 2 is 2.29 bits per heavy atom. The Morgan fingerprint density at radius 1 is 1.71 bits per heavy atom. The van der Waals surface area contributed by atoms with E-state index >= 15 is 0 Å². The zero-order valence-corrected chi connectivity index (χ0v) is 4.55. The molecule has 2 nitrogen and oxygen atoms in total. The summed E-state index contributed by atoms with van der Waals surface area (Å²) in [6.45, 7) is 3.85. The van der Waals surface area contributed by atoms with Gasteiger partial charge in [-0.25, -0.2) is 0 Å². The summed E-state index contributed by atoms with van der Waals surface area (Å²) >= 11 is 0. The van der Waals surface area contributed by atoms with Gasteiger partial charge in [0.25, 0.3) is 0 Å². The third-order valence-electron chi connectivity index (χ3n) is 0.430. The van der Waals surface area contributed by atoms with Gasteiger partial charge in [-0.15, -0.1) is 0 Å². The molecular weight excluding hydrogens is 88.1 g/mol. The van der Waals surface area contributed by atoms with E-state index < -0.39 is 0 Å². The van der Waals surface area contributed by atoms with Crippen molar-refractivity contribution < 1.29 is 0 Å². The number of nitrogens with zero attached hydrogens (tertiary/aromatic N) is 2. The second-order valence-corrected chi connectivity index (χ2v) is 1.50. The topological polar surface area (TPSA) is 36.1 Å². The van der Waals surface area contributed by atoms with Crippen LogP contribution in [0.25, 0.3) is 0 Å². The molecule has 0 aromatic carbocycles. The predicted octanol–water partition coefficient (Wildman–Crippen LogP) is 0.989. The molecule has 0 bridgehead atoms.